The molecular formula is C18H14BrF3N2O3S. The fraction of sp³-hybridized carbons (Fsp3) is 0.222. The Morgan fingerprint density at radius 1 is 1.25 bits per heavy atom. The van der Waals surface area contributed by atoms with Gasteiger partial charge in [0, 0.05) is 15.1 Å². The average Bonchev–Trinajstić information content (AvgIpc) is 2.61. The number of carbonyl (C=O) groups excluding carboxylic acids is 1. The number of nitrogens with one attached hydrogen (secondary N) is 1. The van der Waals surface area contributed by atoms with Crippen LogP contribution in [-0.2, 0) is 21.8 Å². The summed E-state index contributed by atoms with van der Waals surface area (Å²) in [7, 11) is -1.72. The van der Waals surface area contributed by atoms with Gasteiger partial charge in [-0.2, -0.15) is 18.4 Å². The van der Waals surface area contributed by atoms with E-state index < -0.39 is 45.4 Å². The van der Waals surface area contributed by atoms with E-state index in [9.17, 15) is 27.3 Å². The van der Waals surface area contributed by atoms with E-state index >= 15 is 0 Å². The molecule has 0 aliphatic heterocycles. The molecule has 1 amide bonds. The predicted octanol–water partition coefficient (Wildman–Crippen LogP) is 3.84. The molecule has 0 bridgehead atoms. The van der Waals surface area contributed by atoms with Crippen molar-refractivity contribution in [1.82, 2.24) is 0 Å². The number of benzene rings is 2. The summed E-state index contributed by atoms with van der Waals surface area (Å²) in [5, 5.41) is 21.3. The van der Waals surface area contributed by atoms with Crippen LogP contribution in [0.4, 0.5) is 18.9 Å². The summed E-state index contributed by atoms with van der Waals surface area (Å²) >= 11 is 3.23. The fourth-order valence-corrected chi connectivity index (χ4v) is 3.72. The van der Waals surface area contributed by atoms with Crippen molar-refractivity contribution in [2.45, 2.75) is 23.6 Å². The lowest BCUT2D eigenvalue weighted by molar-refractivity contribution is -0.137. The van der Waals surface area contributed by atoms with Gasteiger partial charge < -0.3 is 10.4 Å². The van der Waals surface area contributed by atoms with Crippen LogP contribution in [0.25, 0.3) is 0 Å². The van der Waals surface area contributed by atoms with Crippen LogP contribution in [0.15, 0.2) is 51.8 Å². The van der Waals surface area contributed by atoms with E-state index in [1.807, 2.05) is 0 Å². The number of amides is 1. The standard InChI is InChI=1S/C18H14BrF3N2O3S/c1-17(26,10-28(27)14-6-3-12(19)4-7-14)16(25)24-13-5-2-11(9-23)15(8-13)18(20,21)22/h2-8,26H,10H2,1H3,(H,24,25). The molecule has 0 aliphatic rings. The molecule has 0 radical (unpaired) electrons. The van der Waals surface area contributed by atoms with E-state index in [1.165, 1.54) is 6.07 Å². The van der Waals surface area contributed by atoms with Crippen molar-refractivity contribution in [2.24, 2.45) is 0 Å². The Bertz CT molecular complexity index is 954. The van der Waals surface area contributed by atoms with Crippen LogP contribution in [0.3, 0.4) is 0 Å². The van der Waals surface area contributed by atoms with Gasteiger partial charge in [0.1, 0.15) is 0 Å². The van der Waals surface area contributed by atoms with Crippen molar-refractivity contribution in [3.05, 3.63) is 58.1 Å². The highest BCUT2D eigenvalue weighted by atomic mass is 79.9. The van der Waals surface area contributed by atoms with Crippen LogP contribution in [0.5, 0.6) is 0 Å². The van der Waals surface area contributed by atoms with Gasteiger partial charge in [-0.1, -0.05) is 15.9 Å². The molecule has 0 aliphatic carbocycles. The summed E-state index contributed by atoms with van der Waals surface area (Å²) in [6, 6.07) is 10.5. The topological polar surface area (TPSA) is 90.2 Å². The maximum Gasteiger partial charge on any atom is 0.417 e. The molecule has 148 valence electrons. The summed E-state index contributed by atoms with van der Waals surface area (Å²) in [4.78, 5) is 12.7. The highest BCUT2D eigenvalue weighted by Gasteiger charge is 2.36. The van der Waals surface area contributed by atoms with Crippen molar-refractivity contribution in [1.29, 1.82) is 5.26 Å². The molecule has 10 heteroatoms. The third-order valence-corrected chi connectivity index (χ3v) is 5.83. The number of aliphatic hydroxyl groups is 1. The largest absolute Gasteiger partial charge is 0.417 e. The van der Waals surface area contributed by atoms with Crippen molar-refractivity contribution >= 4 is 38.3 Å². The summed E-state index contributed by atoms with van der Waals surface area (Å²) in [6.45, 7) is 1.12. The monoisotopic (exact) mass is 474 g/mol. The lowest BCUT2D eigenvalue weighted by Crippen LogP contribution is -2.44. The maximum absolute atomic E-state index is 13.0. The van der Waals surface area contributed by atoms with Crippen molar-refractivity contribution in [3.63, 3.8) is 0 Å². The Kier molecular flexibility index (Phi) is 6.64. The molecule has 2 rings (SSSR count). The van der Waals surface area contributed by atoms with Gasteiger partial charge in [-0.05, 0) is 49.4 Å². The Labute approximate surface area is 169 Å². The molecule has 2 aromatic carbocycles. The van der Waals surface area contributed by atoms with Crippen LogP contribution in [-0.4, -0.2) is 26.6 Å². The highest BCUT2D eigenvalue weighted by molar-refractivity contribution is 9.10. The first-order valence-corrected chi connectivity index (χ1v) is 9.84. The minimum Gasteiger partial charge on any atom is -0.379 e. The van der Waals surface area contributed by atoms with E-state index in [-0.39, 0.29) is 5.69 Å². The molecule has 0 fully saturated rings. The molecule has 2 atom stereocenters. The van der Waals surface area contributed by atoms with Gasteiger partial charge in [-0.3, -0.25) is 9.00 Å². The second-order valence-corrected chi connectivity index (χ2v) is 8.41. The molecule has 0 heterocycles. The summed E-state index contributed by atoms with van der Waals surface area (Å²) < 4.78 is 52.2. The van der Waals surface area contributed by atoms with Crippen LogP contribution in [0.2, 0.25) is 0 Å². The zero-order valence-electron chi connectivity index (χ0n) is 14.4. The molecule has 2 unspecified atom stereocenters. The molecule has 5 nitrogen and oxygen atoms in total. The van der Waals surface area contributed by atoms with Crippen LogP contribution in [0, 0.1) is 11.3 Å². The minimum absolute atomic E-state index is 0.244. The lowest BCUT2D eigenvalue weighted by atomic mass is 10.1. The second kappa shape index (κ2) is 8.43. The van der Waals surface area contributed by atoms with Gasteiger partial charge in [-0.15, -0.1) is 0 Å². The number of nitrogens with zero attached hydrogens (tertiary/aromatic N) is 1. The first-order valence-electron chi connectivity index (χ1n) is 7.73. The van der Waals surface area contributed by atoms with Crippen molar-refractivity contribution < 1.29 is 27.3 Å². The van der Waals surface area contributed by atoms with Crippen LogP contribution in [0.1, 0.15) is 18.1 Å². The number of halogens is 4. The Hall–Kier alpha value is -2.22. The normalized spacial score (nSPS) is 14.6. The summed E-state index contributed by atoms with van der Waals surface area (Å²) in [5.41, 5.74) is -4.14. The van der Waals surface area contributed by atoms with E-state index in [2.05, 4.69) is 21.2 Å². The smallest absolute Gasteiger partial charge is 0.379 e. The van der Waals surface area contributed by atoms with E-state index in [1.54, 1.807) is 24.3 Å². The molecule has 28 heavy (non-hydrogen) atoms. The fourth-order valence-electron chi connectivity index (χ4n) is 2.21. The maximum atomic E-state index is 13.0. The Morgan fingerprint density at radius 3 is 2.39 bits per heavy atom. The number of anilines is 1. The molecule has 0 saturated carbocycles. The number of alkyl halides is 3. The summed E-state index contributed by atoms with van der Waals surface area (Å²) in [6.07, 6.45) is -4.78. The first-order chi connectivity index (χ1) is 12.9. The van der Waals surface area contributed by atoms with Gasteiger partial charge in [0.05, 0.1) is 33.7 Å². The van der Waals surface area contributed by atoms with Crippen LogP contribution < -0.4 is 5.32 Å². The Balaban J connectivity index is 2.18. The zero-order chi connectivity index (χ0) is 21.1. The Morgan fingerprint density at radius 2 is 1.86 bits per heavy atom. The number of hydrogen-bond acceptors (Lipinski definition) is 4. The van der Waals surface area contributed by atoms with Gasteiger partial charge >= 0.3 is 6.18 Å². The van der Waals surface area contributed by atoms with E-state index in [4.69, 9.17) is 5.26 Å². The zero-order valence-corrected chi connectivity index (χ0v) is 16.8. The summed E-state index contributed by atoms with van der Waals surface area (Å²) in [5.74, 6) is -1.47. The van der Waals surface area contributed by atoms with Gasteiger partial charge in [0.25, 0.3) is 5.91 Å². The van der Waals surface area contributed by atoms with Crippen LogP contribution >= 0.6 is 15.9 Å². The highest BCUT2D eigenvalue weighted by Crippen LogP contribution is 2.33. The molecule has 0 aromatic heterocycles. The quantitative estimate of drug-likeness (QED) is 0.688. The van der Waals surface area contributed by atoms with E-state index in [0.717, 1.165) is 23.5 Å². The van der Waals surface area contributed by atoms with Gasteiger partial charge in [0.15, 0.2) is 5.60 Å². The van der Waals surface area contributed by atoms with Gasteiger partial charge in [0.2, 0.25) is 0 Å². The number of hydrogen-bond donors (Lipinski definition) is 2. The number of carbonyl (C=O) groups is 1. The minimum atomic E-state index is -4.78. The molecule has 0 saturated heterocycles. The van der Waals surface area contributed by atoms with Gasteiger partial charge in [-0.25, -0.2) is 0 Å². The number of nitriles is 1. The lowest BCUT2D eigenvalue weighted by Gasteiger charge is -2.22. The molecule has 2 N–H and O–H groups in total. The second-order valence-electron chi connectivity index (χ2n) is 6.04. The first kappa shape index (κ1) is 22.1. The third-order valence-electron chi connectivity index (χ3n) is 3.68. The third kappa shape index (κ3) is 5.41. The molecular weight excluding hydrogens is 461 g/mol. The predicted molar refractivity (Wildman–Crippen MR) is 101 cm³/mol. The molecule has 2 aromatic rings. The number of rotatable bonds is 5. The van der Waals surface area contributed by atoms with E-state index in [0.29, 0.717) is 11.0 Å². The SMILES string of the molecule is CC(O)(CS(=O)c1ccc(Br)cc1)C(=O)Nc1ccc(C#N)c(C(F)(F)F)c1. The molecule has 0 spiro atoms. The van der Waals surface area contributed by atoms with Crippen molar-refractivity contribution in [2.75, 3.05) is 11.1 Å². The van der Waals surface area contributed by atoms with Crippen molar-refractivity contribution in [3.8, 4) is 6.07 Å². The average molecular weight is 475 g/mol.